The minimum atomic E-state index is -0.977. The second-order valence-electron chi connectivity index (χ2n) is 3.86. The van der Waals surface area contributed by atoms with E-state index < -0.39 is 5.97 Å². The third-order valence-corrected chi connectivity index (χ3v) is 2.36. The molecular formula is C13H18O5. The van der Waals surface area contributed by atoms with E-state index >= 15 is 0 Å². The van der Waals surface area contributed by atoms with Gasteiger partial charge >= 0.3 is 5.97 Å². The molecule has 0 heterocycles. The molecule has 0 atom stereocenters. The minimum Gasteiger partial charge on any atom is -0.478 e. The molecule has 100 valence electrons. The fourth-order valence-electron chi connectivity index (χ4n) is 1.34. The van der Waals surface area contributed by atoms with Gasteiger partial charge in [0.1, 0.15) is 0 Å². The Morgan fingerprint density at radius 2 is 1.89 bits per heavy atom. The highest BCUT2D eigenvalue weighted by molar-refractivity contribution is 5.87. The van der Waals surface area contributed by atoms with Crippen LogP contribution in [0.4, 0.5) is 0 Å². The Bertz CT molecular complexity index is 347. The molecule has 5 heteroatoms. The zero-order valence-corrected chi connectivity index (χ0v) is 10.4. The first-order chi connectivity index (χ1) is 8.74. The number of unbranched alkanes of at least 4 members (excludes halogenated alkanes) is 3. The second-order valence-corrected chi connectivity index (χ2v) is 3.86. The average Bonchev–Trinajstić information content (AvgIpc) is 2.38. The molecule has 0 spiro atoms. The molecule has 0 saturated heterocycles. The van der Waals surface area contributed by atoms with Gasteiger partial charge in [-0.2, -0.15) is 4.89 Å². The van der Waals surface area contributed by atoms with Gasteiger partial charge in [0.2, 0.25) is 0 Å². The Hall–Kier alpha value is -1.59. The van der Waals surface area contributed by atoms with E-state index in [0.717, 1.165) is 12.8 Å². The minimum absolute atomic E-state index is 0.197. The van der Waals surface area contributed by atoms with Gasteiger partial charge in [0, 0.05) is 0 Å². The standard InChI is InChI=1S/C13H18O5/c1-2-3-4-5-10-16-18-17-12-8-6-11(7-9-12)13(14)15/h6-9H,2-5,10H2,1H3,(H,14,15). The highest BCUT2D eigenvalue weighted by Gasteiger charge is 2.02. The summed E-state index contributed by atoms with van der Waals surface area (Å²) in [4.78, 5) is 20.3. The molecule has 0 bridgehead atoms. The van der Waals surface area contributed by atoms with Crippen molar-refractivity contribution in [2.45, 2.75) is 32.6 Å². The van der Waals surface area contributed by atoms with Gasteiger partial charge in [0.25, 0.3) is 0 Å². The summed E-state index contributed by atoms with van der Waals surface area (Å²) in [5, 5.41) is 13.2. The Kier molecular flexibility index (Phi) is 6.83. The molecular weight excluding hydrogens is 236 g/mol. The number of carbonyl (C=O) groups is 1. The van der Waals surface area contributed by atoms with Crippen molar-refractivity contribution in [3.05, 3.63) is 29.8 Å². The number of aromatic carboxylic acids is 1. The van der Waals surface area contributed by atoms with E-state index in [1.165, 1.54) is 37.1 Å². The van der Waals surface area contributed by atoms with Crippen molar-refractivity contribution in [1.82, 2.24) is 0 Å². The highest BCUT2D eigenvalue weighted by Crippen LogP contribution is 2.12. The van der Waals surface area contributed by atoms with Crippen LogP contribution >= 0.6 is 0 Å². The zero-order valence-electron chi connectivity index (χ0n) is 10.4. The number of hydrogen-bond acceptors (Lipinski definition) is 4. The average molecular weight is 254 g/mol. The van der Waals surface area contributed by atoms with Crippen LogP contribution in [-0.4, -0.2) is 17.7 Å². The van der Waals surface area contributed by atoms with Crippen molar-refractivity contribution in [1.29, 1.82) is 0 Å². The fraction of sp³-hybridized carbons (Fsp3) is 0.462. The lowest BCUT2D eigenvalue weighted by molar-refractivity contribution is -0.466. The molecule has 1 rings (SSSR count). The van der Waals surface area contributed by atoms with E-state index in [1.807, 2.05) is 0 Å². The quantitative estimate of drug-likeness (QED) is 0.416. The van der Waals surface area contributed by atoms with E-state index in [4.69, 9.17) is 14.9 Å². The second kappa shape index (κ2) is 8.49. The summed E-state index contributed by atoms with van der Waals surface area (Å²) in [7, 11) is 0. The molecule has 0 aliphatic carbocycles. The predicted molar refractivity (Wildman–Crippen MR) is 65.2 cm³/mol. The molecule has 0 saturated carbocycles. The summed E-state index contributed by atoms with van der Waals surface area (Å²) in [6, 6.07) is 5.87. The van der Waals surface area contributed by atoms with Crippen molar-refractivity contribution in [3.8, 4) is 5.75 Å². The summed E-state index contributed by atoms with van der Waals surface area (Å²) < 4.78 is 0. The topological polar surface area (TPSA) is 65.0 Å². The highest BCUT2D eigenvalue weighted by atomic mass is 17.5. The Balaban J connectivity index is 2.14. The first-order valence-corrected chi connectivity index (χ1v) is 6.03. The van der Waals surface area contributed by atoms with Gasteiger partial charge < -0.3 is 9.99 Å². The maximum Gasteiger partial charge on any atom is 0.335 e. The number of carboxylic acids is 1. The van der Waals surface area contributed by atoms with Crippen LogP contribution in [0.1, 0.15) is 43.0 Å². The molecule has 0 aromatic heterocycles. The maximum absolute atomic E-state index is 10.6. The molecule has 0 fully saturated rings. The van der Waals surface area contributed by atoms with Crippen molar-refractivity contribution in [3.63, 3.8) is 0 Å². The number of benzene rings is 1. The van der Waals surface area contributed by atoms with Crippen LogP contribution in [-0.2, 0) is 9.93 Å². The van der Waals surface area contributed by atoms with Gasteiger partial charge in [-0.15, -0.1) is 0 Å². The molecule has 0 aliphatic heterocycles. The fourth-order valence-corrected chi connectivity index (χ4v) is 1.34. The van der Waals surface area contributed by atoms with Gasteiger partial charge in [-0.05, 0) is 35.7 Å². The maximum atomic E-state index is 10.6. The molecule has 18 heavy (non-hydrogen) atoms. The summed E-state index contributed by atoms with van der Waals surface area (Å²) in [5.74, 6) is -0.580. The van der Waals surface area contributed by atoms with Crippen LogP contribution in [0.5, 0.6) is 5.75 Å². The van der Waals surface area contributed by atoms with Gasteiger partial charge in [-0.3, -0.25) is 0 Å². The monoisotopic (exact) mass is 254 g/mol. The van der Waals surface area contributed by atoms with E-state index in [1.54, 1.807) is 0 Å². The van der Waals surface area contributed by atoms with Crippen molar-refractivity contribution in [2.24, 2.45) is 0 Å². The Morgan fingerprint density at radius 3 is 2.50 bits per heavy atom. The Labute approximate surface area is 106 Å². The summed E-state index contributed by atoms with van der Waals surface area (Å²) in [6.07, 6.45) is 4.39. The van der Waals surface area contributed by atoms with Crippen LogP contribution < -0.4 is 4.89 Å². The normalized spacial score (nSPS) is 10.3. The molecule has 0 radical (unpaired) electrons. The molecule has 0 aliphatic rings. The summed E-state index contributed by atoms with van der Waals surface area (Å²) >= 11 is 0. The van der Waals surface area contributed by atoms with E-state index in [2.05, 4.69) is 12.0 Å². The summed E-state index contributed by atoms with van der Waals surface area (Å²) in [5.41, 5.74) is 0.197. The smallest absolute Gasteiger partial charge is 0.335 e. The third-order valence-electron chi connectivity index (χ3n) is 2.36. The van der Waals surface area contributed by atoms with E-state index in [-0.39, 0.29) is 5.56 Å². The zero-order chi connectivity index (χ0) is 13.2. The van der Waals surface area contributed by atoms with Gasteiger partial charge in [-0.1, -0.05) is 26.2 Å². The molecule has 1 N–H and O–H groups in total. The van der Waals surface area contributed by atoms with Gasteiger partial charge in [0.05, 0.1) is 12.2 Å². The molecule has 1 aromatic carbocycles. The first kappa shape index (κ1) is 14.5. The number of carboxylic acid groups (broad SMARTS) is 1. The lowest BCUT2D eigenvalue weighted by atomic mass is 10.2. The number of rotatable bonds is 9. The lowest BCUT2D eigenvalue weighted by Crippen LogP contribution is -2.01. The molecule has 1 aromatic rings. The largest absolute Gasteiger partial charge is 0.478 e. The SMILES string of the molecule is CCCCCCOOOc1ccc(C(=O)O)cc1. The third kappa shape index (κ3) is 5.65. The van der Waals surface area contributed by atoms with Crippen LogP contribution in [0.2, 0.25) is 0 Å². The van der Waals surface area contributed by atoms with Crippen molar-refractivity contribution < 1.29 is 24.7 Å². The lowest BCUT2D eigenvalue weighted by Gasteiger charge is -2.04. The molecule has 0 amide bonds. The van der Waals surface area contributed by atoms with Crippen molar-refractivity contribution >= 4 is 5.97 Å². The summed E-state index contributed by atoms with van der Waals surface area (Å²) in [6.45, 7) is 2.62. The van der Waals surface area contributed by atoms with Crippen molar-refractivity contribution in [2.75, 3.05) is 6.61 Å². The number of hydrogen-bond donors (Lipinski definition) is 1. The Morgan fingerprint density at radius 1 is 1.17 bits per heavy atom. The van der Waals surface area contributed by atoms with Gasteiger partial charge in [-0.25, -0.2) is 4.79 Å². The van der Waals surface area contributed by atoms with E-state index in [0.29, 0.717) is 12.4 Å². The van der Waals surface area contributed by atoms with Crippen LogP contribution in [0.15, 0.2) is 24.3 Å². The predicted octanol–water partition coefficient (Wildman–Crippen LogP) is 3.21. The molecule has 0 unspecified atom stereocenters. The van der Waals surface area contributed by atoms with Crippen LogP contribution in [0, 0.1) is 0 Å². The van der Waals surface area contributed by atoms with Gasteiger partial charge in [0.15, 0.2) is 5.75 Å². The molecule has 5 nitrogen and oxygen atoms in total. The first-order valence-electron chi connectivity index (χ1n) is 6.03. The van der Waals surface area contributed by atoms with E-state index in [9.17, 15) is 4.79 Å². The van der Waals surface area contributed by atoms with Crippen LogP contribution in [0.25, 0.3) is 0 Å². The van der Waals surface area contributed by atoms with Crippen LogP contribution in [0.3, 0.4) is 0 Å².